The highest BCUT2D eigenvalue weighted by atomic mass is 15.1. The Labute approximate surface area is 106 Å². The summed E-state index contributed by atoms with van der Waals surface area (Å²) in [6, 6.07) is 0.529. The first-order chi connectivity index (χ1) is 8.06. The molecule has 1 atom stereocenters. The average Bonchev–Trinajstić information content (AvgIpc) is 2.71. The quantitative estimate of drug-likeness (QED) is 0.790. The molecular weight excluding hydrogens is 210 g/mol. The molecule has 0 saturated carbocycles. The van der Waals surface area contributed by atoms with Gasteiger partial charge in [-0.15, -0.1) is 0 Å². The molecule has 17 heavy (non-hydrogen) atoms. The van der Waals surface area contributed by atoms with Crippen molar-refractivity contribution in [3.8, 4) is 0 Å². The molecule has 1 unspecified atom stereocenters. The Kier molecular flexibility index (Phi) is 5.69. The predicted molar refractivity (Wildman–Crippen MR) is 73.2 cm³/mol. The molecule has 0 amide bonds. The van der Waals surface area contributed by atoms with Crippen LogP contribution in [-0.2, 0) is 6.54 Å². The second-order valence-corrected chi connectivity index (χ2v) is 5.40. The van der Waals surface area contributed by atoms with Gasteiger partial charge in [-0.2, -0.15) is 0 Å². The summed E-state index contributed by atoms with van der Waals surface area (Å²) >= 11 is 0. The Hall–Kier alpha value is -0.830. The van der Waals surface area contributed by atoms with E-state index in [1.165, 1.54) is 12.2 Å². The van der Waals surface area contributed by atoms with Crippen LogP contribution in [0.1, 0.15) is 52.8 Å². The molecule has 3 nitrogen and oxygen atoms in total. The number of hydrogen-bond donors (Lipinski definition) is 1. The molecule has 98 valence electrons. The third-order valence-electron chi connectivity index (χ3n) is 3.12. The Morgan fingerprint density at radius 3 is 2.53 bits per heavy atom. The largest absolute Gasteiger partial charge is 0.333 e. The molecule has 1 aromatic heterocycles. The van der Waals surface area contributed by atoms with Gasteiger partial charge in [0.25, 0.3) is 0 Å². The van der Waals surface area contributed by atoms with Crippen molar-refractivity contribution < 1.29 is 0 Å². The van der Waals surface area contributed by atoms with Crippen molar-refractivity contribution >= 4 is 0 Å². The third kappa shape index (κ3) is 4.15. The maximum absolute atomic E-state index is 4.44. The number of aromatic nitrogens is 2. The lowest BCUT2D eigenvalue weighted by Crippen LogP contribution is -2.38. The minimum absolute atomic E-state index is 0.490. The predicted octanol–water partition coefficient (Wildman–Crippen LogP) is 3.03. The van der Waals surface area contributed by atoms with Crippen molar-refractivity contribution in [3.05, 3.63) is 18.2 Å². The van der Waals surface area contributed by atoms with Crippen molar-refractivity contribution in [1.82, 2.24) is 14.9 Å². The van der Waals surface area contributed by atoms with Crippen LogP contribution in [0.2, 0.25) is 0 Å². The van der Waals surface area contributed by atoms with Crippen LogP contribution in [0.3, 0.4) is 0 Å². The van der Waals surface area contributed by atoms with Gasteiger partial charge < -0.3 is 9.88 Å². The van der Waals surface area contributed by atoms with Crippen LogP contribution in [0.5, 0.6) is 0 Å². The average molecular weight is 237 g/mol. The van der Waals surface area contributed by atoms with Gasteiger partial charge in [-0.3, -0.25) is 0 Å². The van der Waals surface area contributed by atoms with Crippen LogP contribution in [-0.4, -0.2) is 22.1 Å². The number of nitrogens with zero attached hydrogens (tertiary/aromatic N) is 2. The van der Waals surface area contributed by atoms with E-state index in [2.05, 4.69) is 55.7 Å². The lowest BCUT2D eigenvalue weighted by Gasteiger charge is -2.24. The molecule has 3 heteroatoms. The highest BCUT2D eigenvalue weighted by Gasteiger charge is 2.15. The van der Waals surface area contributed by atoms with Gasteiger partial charge in [-0.05, 0) is 18.9 Å². The minimum atomic E-state index is 0.490. The Balaban J connectivity index is 2.68. The van der Waals surface area contributed by atoms with Crippen LogP contribution in [0.15, 0.2) is 12.4 Å². The molecule has 0 spiro atoms. The number of hydrogen-bond acceptors (Lipinski definition) is 2. The smallest absolute Gasteiger partial charge is 0.111 e. The lowest BCUT2D eigenvalue weighted by atomic mass is 10.0. The first-order valence-corrected chi connectivity index (χ1v) is 6.80. The zero-order valence-corrected chi connectivity index (χ0v) is 11.9. The molecule has 1 rings (SSSR count). The van der Waals surface area contributed by atoms with E-state index in [1.54, 1.807) is 0 Å². The summed E-state index contributed by atoms with van der Waals surface area (Å²) in [6.07, 6.45) is 5.19. The van der Waals surface area contributed by atoms with Gasteiger partial charge in [0.2, 0.25) is 0 Å². The fourth-order valence-corrected chi connectivity index (χ4v) is 2.03. The van der Waals surface area contributed by atoms with E-state index in [0.717, 1.165) is 13.1 Å². The van der Waals surface area contributed by atoms with E-state index in [4.69, 9.17) is 0 Å². The number of nitrogens with one attached hydrogen (secondary N) is 1. The topological polar surface area (TPSA) is 29.9 Å². The fraction of sp³-hybridized carbons (Fsp3) is 0.786. The molecule has 0 saturated heterocycles. The van der Waals surface area contributed by atoms with Crippen molar-refractivity contribution in [2.75, 3.05) is 6.54 Å². The SMILES string of the molecule is CCCNC(Cn1ccnc1C(C)C)C(C)C. The van der Waals surface area contributed by atoms with Gasteiger partial charge in [0, 0.05) is 30.9 Å². The first kappa shape index (κ1) is 14.2. The Morgan fingerprint density at radius 1 is 1.29 bits per heavy atom. The molecule has 0 bridgehead atoms. The van der Waals surface area contributed by atoms with E-state index < -0.39 is 0 Å². The highest BCUT2D eigenvalue weighted by Crippen LogP contribution is 2.14. The molecule has 1 aromatic rings. The van der Waals surface area contributed by atoms with Crippen molar-refractivity contribution in [2.45, 2.75) is 59.5 Å². The molecule has 1 N–H and O–H groups in total. The Bertz CT molecular complexity index is 315. The molecule has 0 fully saturated rings. The van der Waals surface area contributed by atoms with Crippen LogP contribution < -0.4 is 5.32 Å². The maximum atomic E-state index is 4.44. The van der Waals surface area contributed by atoms with E-state index in [0.29, 0.717) is 17.9 Å². The van der Waals surface area contributed by atoms with Crippen LogP contribution in [0, 0.1) is 5.92 Å². The van der Waals surface area contributed by atoms with E-state index in [1.807, 2.05) is 6.20 Å². The number of rotatable bonds is 7. The second kappa shape index (κ2) is 6.80. The van der Waals surface area contributed by atoms with Crippen molar-refractivity contribution in [1.29, 1.82) is 0 Å². The monoisotopic (exact) mass is 237 g/mol. The van der Waals surface area contributed by atoms with Gasteiger partial charge >= 0.3 is 0 Å². The molecular formula is C14H27N3. The summed E-state index contributed by atoms with van der Waals surface area (Å²) in [5.41, 5.74) is 0. The Morgan fingerprint density at radius 2 is 2.00 bits per heavy atom. The highest BCUT2D eigenvalue weighted by molar-refractivity contribution is 4.98. The van der Waals surface area contributed by atoms with Gasteiger partial charge in [0.15, 0.2) is 0 Å². The normalized spacial score (nSPS) is 13.6. The standard InChI is InChI=1S/C14H27N3/c1-6-7-15-13(11(2)3)10-17-9-8-16-14(17)12(4)5/h8-9,11-13,15H,6-7,10H2,1-5H3. The molecule has 0 aliphatic rings. The molecule has 0 aromatic carbocycles. The fourth-order valence-electron chi connectivity index (χ4n) is 2.03. The first-order valence-electron chi connectivity index (χ1n) is 6.80. The van der Waals surface area contributed by atoms with Crippen LogP contribution >= 0.6 is 0 Å². The van der Waals surface area contributed by atoms with Gasteiger partial charge in [-0.25, -0.2) is 4.98 Å². The zero-order chi connectivity index (χ0) is 12.8. The zero-order valence-electron chi connectivity index (χ0n) is 11.9. The maximum Gasteiger partial charge on any atom is 0.111 e. The lowest BCUT2D eigenvalue weighted by molar-refractivity contribution is 0.350. The van der Waals surface area contributed by atoms with E-state index in [-0.39, 0.29) is 0 Å². The van der Waals surface area contributed by atoms with Gasteiger partial charge in [0.1, 0.15) is 5.82 Å². The summed E-state index contributed by atoms with van der Waals surface area (Å²) < 4.78 is 2.29. The van der Waals surface area contributed by atoms with Crippen LogP contribution in [0.25, 0.3) is 0 Å². The van der Waals surface area contributed by atoms with E-state index in [9.17, 15) is 0 Å². The number of imidazole rings is 1. The van der Waals surface area contributed by atoms with Crippen molar-refractivity contribution in [2.24, 2.45) is 5.92 Å². The second-order valence-electron chi connectivity index (χ2n) is 5.40. The van der Waals surface area contributed by atoms with Crippen LogP contribution in [0.4, 0.5) is 0 Å². The molecule has 0 aliphatic carbocycles. The summed E-state index contributed by atoms with van der Waals surface area (Å²) in [4.78, 5) is 4.44. The molecule has 0 aliphatic heterocycles. The minimum Gasteiger partial charge on any atom is -0.333 e. The summed E-state index contributed by atoms with van der Waals surface area (Å²) in [5, 5.41) is 3.62. The van der Waals surface area contributed by atoms with Crippen molar-refractivity contribution in [3.63, 3.8) is 0 Å². The molecule has 1 heterocycles. The summed E-state index contributed by atoms with van der Waals surface area (Å²) in [7, 11) is 0. The molecule has 0 radical (unpaired) electrons. The summed E-state index contributed by atoms with van der Waals surface area (Å²) in [5.74, 6) is 2.32. The van der Waals surface area contributed by atoms with Gasteiger partial charge in [0.05, 0.1) is 0 Å². The summed E-state index contributed by atoms with van der Waals surface area (Å²) in [6.45, 7) is 13.3. The van der Waals surface area contributed by atoms with E-state index >= 15 is 0 Å². The third-order valence-corrected chi connectivity index (χ3v) is 3.12. The van der Waals surface area contributed by atoms with Gasteiger partial charge in [-0.1, -0.05) is 34.6 Å².